The molecule has 1 unspecified atom stereocenters. The first-order valence-corrected chi connectivity index (χ1v) is 9.16. The number of nitrogens with zero attached hydrogens (tertiary/aromatic N) is 1. The minimum atomic E-state index is -1.04. The summed E-state index contributed by atoms with van der Waals surface area (Å²) in [6.07, 6.45) is 3.54. The highest BCUT2D eigenvalue weighted by Gasteiger charge is 2.10. The maximum atomic E-state index is 12.1. The van der Waals surface area contributed by atoms with Crippen molar-refractivity contribution >= 4 is 22.4 Å². The zero-order chi connectivity index (χ0) is 16.1. The van der Waals surface area contributed by atoms with E-state index in [9.17, 15) is 4.21 Å². The van der Waals surface area contributed by atoms with Crippen molar-refractivity contribution in [1.29, 1.82) is 0 Å². The van der Waals surface area contributed by atoms with Gasteiger partial charge >= 0.3 is 0 Å². The molecule has 3 rings (SSSR count). The summed E-state index contributed by atoms with van der Waals surface area (Å²) in [5, 5.41) is 3.11. The van der Waals surface area contributed by atoms with E-state index in [0.717, 1.165) is 17.0 Å². The van der Waals surface area contributed by atoms with E-state index in [-0.39, 0.29) is 0 Å². The summed E-state index contributed by atoms with van der Waals surface area (Å²) >= 11 is 0. The van der Waals surface area contributed by atoms with Gasteiger partial charge in [-0.15, -0.1) is 0 Å². The molecule has 2 aromatic carbocycles. The molecule has 1 aliphatic carbocycles. The van der Waals surface area contributed by atoms with Gasteiger partial charge in [-0.3, -0.25) is 9.20 Å². The van der Waals surface area contributed by atoms with Gasteiger partial charge in [-0.1, -0.05) is 24.3 Å². The lowest BCUT2D eigenvalue weighted by atomic mass is 10.1. The topological polar surface area (TPSA) is 67.5 Å². The predicted molar refractivity (Wildman–Crippen MR) is 96.3 cm³/mol. The fraction of sp³-hybridized carbons (Fsp3) is 0.278. The first-order chi connectivity index (χ1) is 11.2. The van der Waals surface area contributed by atoms with E-state index < -0.39 is 10.8 Å². The Morgan fingerprint density at radius 3 is 2.74 bits per heavy atom. The Kier molecular flexibility index (Phi) is 5.08. The Balaban J connectivity index is 1.53. The van der Waals surface area contributed by atoms with Crippen molar-refractivity contribution in [1.82, 2.24) is 0 Å². The first kappa shape index (κ1) is 15.7. The van der Waals surface area contributed by atoms with E-state index in [1.54, 1.807) is 0 Å². The molecular weight excluding hydrogens is 306 g/mol. The molecule has 0 radical (unpaired) electrons. The third kappa shape index (κ3) is 4.20. The number of benzene rings is 2. The second-order valence-electron chi connectivity index (χ2n) is 5.59. The van der Waals surface area contributed by atoms with Gasteiger partial charge in [0.25, 0.3) is 0 Å². The second kappa shape index (κ2) is 7.42. The van der Waals surface area contributed by atoms with E-state index in [0.29, 0.717) is 18.3 Å². The molecule has 1 aliphatic rings. The first-order valence-electron chi connectivity index (χ1n) is 7.84. The number of guanidine groups is 1. The van der Waals surface area contributed by atoms with Crippen LogP contribution in [0.5, 0.6) is 0 Å². The van der Waals surface area contributed by atoms with Crippen molar-refractivity contribution in [2.75, 3.05) is 17.6 Å². The predicted octanol–water partition coefficient (Wildman–Crippen LogP) is 2.71. The molecule has 0 aromatic heterocycles. The van der Waals surface area contributed by atoms with Crippen LogP contribution in [0.25, 0.3) is 0 Å². The Bertz CT molecular complexity index is 728. The van der Waals surface area contributed by atoms with Crippen LogP contribution in [0.3, 0.4) is 0 Å². The third-order valence-electron chi connectivity index (χ3n) is 3.94. The number of hydrogen-bond acceptors (Lipinski definition) is 2. The number of nitrogens with one attached hydrogen (secondary N) is 1. The number of hydrogen-bond donors (Lipinski definition) is 2. The largest absolute Gasteiger partial charge is 0.370 e. The van der Waals surface area contributed by atoms with Crippen LogP contribution in [0.15, 0.2) is 58.4 Å². The highest BCUT2D eigenvalue weighted by atomic mass is 32.2. The van der Waals surface area contributed by atoms with Crippen LogP contribution < -0.4 is 11.1 Å². The fourth-order valence-electron chi connectivity index (χ4n) is 2.78. The number of fused-ring (bicyclic) bond motifs is 1. The van der Waals surface area contributed by atoms with Crippen LogP contribution in [0.4, 0.5) is 5.69 Å². The molecule has 0 heterocycles. The molecule has 0 spiro atoms. The highest BCUT2D eigenvalue weighted by molar-refractivity contribution is 7.85. The summed E-state index contributed by atoms with van der Waals surface area (Å²) in [5.41, 5.74) is 9.72. The zero-order valence-corrected chi connectivity index (χ0v) is 13.8. The Morgan fingerprint density at radius 1 is 1.13 bits per heavy atom. The van der Waals surface area contributed by atoms with Gasteiger partial charge in [-0.05, 0) is 54.7 Å². The van der Waals surface area contributed by atoms with E-state index in [1.807, 2.05) is 36.4 Å². The van der Waals surface area contributed by atoms with E-state index in [4.69, 9.17) is 5.73 Å². The van der Waals surface area contributed by atoms with Crippen LogP contribution in [0.2, 0.25) is 0 Å². The van der Waals surface area contributed by atoms with Gasteiger partial charge in [0, 0.05) is 16.3 Å². The zero-order valence-electron chi connectivity index (χ0n) is 13.0. The molecule has 5 heteroatoms. The van der Waals surface area contributed by atoms with Gasteiger partial charge in [0.2, 0.25) is 0 Å². The van der Waals surface area contributed by atoms with Crippen molar-refractivity contribution in [3.8, 4) is 0 Å². The summed E-state index contributed by atoms with van der Waals surface area (Å²) in [4.78, 5) is 5.10. The molecule has 2 aromatic rings. The van der Waals surface area contributed by atoms with Crippen LogP contribution in [0, 0.1) is 0 Å². The molecule has 120 valence electrons. The molecular formula is C18H21N3OS. The lowest BCUT2D eigenvalue weighted by Gasteiger charge is -2.08. The number of aryl methyl sites for hydroxylation is 2. The van der Waals surface area contributed by atoms with E-state index in [2.05, 4.69) is 22.4 Å². The van der Waals surface area contributed by atoms with Gasteiger partial charge in [0.05, 0.1) is 17.3 Å². The average Bonchev–Trinajstić information content (AvgIpc) is 3.03. The molecule has 1 atom stereocenters. The van der Waals surface area contributed by atoms with Crippen LogP contribution >= 0.6 is 0 Å². The molecule has 0 saturated carbocycles. The van der Waals surface area contributed by atoms with Crippen molar-refractivity contribution in [3.05, 3.63) is 59.7 Å². The average molecular weight is 327 g/mol. The third-order valence-corrected chi connectivity index (χ3v) is 5.29. The van der Waals surface area contributed by atoms with E-state index in [1.165, 1.54) is 24.0 Å². The fourth-order valence-corrected chi connectivity index (χ4v) is 3.73. The lowest BCUT2D eigenvalue weighted by molar-refractivity contribution is 0.683. The van der Waals surface area contributed by atoms with Crippen LogP contribution in [0.1, 0.15) is 17.5 Å². The number of aliphatic imine (C=N–C) groups is 1. The molecule has 4 nitrogen and oxygen atoms in total. The monoisotopic (exact) mass is 327 g/mol. The summed E-state index contributed by atoms with van der Waals surface area (Å²) < 4.78 is 12.1. The Morgan fingerprint density at radius 2 is 1.91 bits per heavy atom. The maximum absolute atomic E-state index is 12.1. The molecule has 0 aliphatic heterocycles. The maximum Gasteiger partial charge on any atom is 0.193 e. The quantitative estimate of drug-likeness (QED) is 0.655. The molecule has 0 bridgehead atoms. The highest BCUT2D eigenvalue weighted by Crippen LogP contribution is 2.24. The number of anilines is 1. The minimum absolute atomic E-state index is 0.369. The van der Waals surface area contributed by atoms with E-state index >= 15 is 0 Å². The summed E-state index contributed by atoms with van der Waals surface area (Å²) in [6, 6.07) is 15.8. The summed E-state index contributed by atoms with van der Waals surface area (Å²) in [6.45, 7) is 0.436. The van der Waals surface area contributed by atoms with Crippen LogP contribution in [-0.4, -0.2) is 22.5 Å². The minimum Gasteiger partial charge on any atom is -0.370 e. The summed E-state index contributed by atoms with van der Waals surface area (Å²) in [7, 11) is -1.04. The molecule has 3 N–H and O–H groups in total. The van der Waals surface area contributed by atoms with Gasteiger partial charge in [0.15, 0.2) is 5.96 Å². The van der Waals surface area contributed by atoms with Gasteiger partial charge < -0.3 is 11.1 Å². The van der Waals surface area contributed by atoms with Gasteiger partial charge in [0.1, 0.15) is 0 Å². The summed E-state index contributed by atoms with van der Waals surface area (Å²) in [5.74, 6) is 0.837. The smallest absolute Gasteiger partial charge is 0.193 e. The number of rotatable bonds is 5. The molecule has 0 saturated heterocycles. The van der Waals surface area contributed by atoms with Crippen molar-refractivity contribution < 1.29 is 4.21 Å². The SMILES string of the molecule is NC(=NCCS(=O)c1ccccc1)Nc1ccc2c(c1)CCC2. The van der Waals surface area contributed by atoms with Crippen molar-refractivity contribution in [2.24, 2.45) is 10.7 Å². The molecule has 23 heavy (non-hydrogen) atoms. The Labute approximate surface area is 139 Å². The number of nitrogens with two attached hydrogens (primary N) is 1. The molecule has 0 amide bonds. The van der Waals surface area contributed by atoms with Gasteiger partial charge in [-0.25, -0.2) is 0 Å². The Hall–Kier alpha value is -2.14. The second-order valence-corrected chi connectivity index (χ2v) is 7.16. The standard InChI is InChI=1S/C18H21N3OS/c19-18(20-11-12-23(22)17-7-2-1-3-8-17)21-16-10-9-14-5-4-6-15(14)13-16/h1-3,7-10,13H,4-6,11-12H2,(H3,19,20,21). The van der Waals surface area contributed by atoms with Gasteiger partial charge in [-0.2, -0.15) is 0 Å². The van der Waals surface area contributed by atoms with Crippen LogP contribution in [-0.2, 0) is 23.6 Å². The van der Waals surface area contributed by atoms with Crippen molar-refractivity contribution in [2.45, 2.75) is 24.2 Å². The normalized spacial score (nSPS) is 15.2. The lowest BCUT2D eigenvalue weighted by Crippen LogP contribution is -2.23. The molecule has 0 fully saturated rings. The van der Waals surface area contributed by atoms with Crippen molar-refractivity contribution in [3.63, 3.8) is 0 Å².